The molecule has 0 unspecified atom stereocenters. The van der Waals surface area contributed by atoms with Crippen LogP contribution in [0.15, 0.2) is 59.7 Å². The second-order valence-electron chi connectivity index (χ2n) is 6.19. The molecule has 0 saturated heterocycles. The zero-order valence-electron chi connectivity index (χ0n) is 15.1. The molecule has 0 atom stereocenters. The van der Waals surface area contributed by atoms with E-state index in [1.54, 1.807) is 12.4 Å². The summed E-state index contributed by atoms with van der Waals surface area (Å²) in [5.41, 5.74) is 3.97. The zero-order chi connectivity index (χ0) is 19.5. The fourth-order valence-corrected chi connectivity index (χ4v) is 3.85. The number of nitriles is 1. The van der Waals surface area contributed by atoms with Crippen LogP contribution in [0.1, 0.15) is 28.5 Å². The van der Waals surface area contributed by atoms with Crippen molar-refractivity contribution in [2.45, 2.75) is 13.3 Å². The number of hydrogen-bond acceptors (Lipinski definition) is 5. The van der Waals surface area contributed by atoms with Crippen molar-refractivity contribution in [3.05, 3.63) is 76.6 Å². The summed E-state index contributed by atoms with van der Waals surface area (Å²) in [6.07, 6.45) is 5.78. The molecule has 3 heterocycles. The SMILES string of the molecule is CCc1cccc2c(C(=O)/C(C#N)=C/c3csc(-c4ccccn4)n3)c[nH]c12. The molecule has 0 fully saturated rings. The van der Waals surface area contributed by atoms with E-state index in [2.05, 4.69) is 21.9 Å². The fraction of sp³-hybridized carbons (Fsp3) is 0.0909. The molecule has 0 spiro atoms. The first kappa shape index (κ1) is 17.8. The number of Topliss-reactive ketones (excluding diaryl/α,β-unsaturated/α-hetero) is 1. The molecule has 0 saturated carbocycles. The fourth-order valence-electron chi connectivity index (χ4n) is 3.10. The maximum absolute atomic E-state index is 13.0. The van der Waals surface area contributed by atoms with Gasteiger partial charge in [-0.05, 0) is 30.2 Å². The molecule has 1 aromatic carbocycles. The van der Waals surface area contributed by atoms with Gasteiger partial charge in [-0.2, -0.15) is 5.26 Å². The van der Waals surface area contributed by atoms with Crippen LogP contribution in [-0.4, -0.2) is 20.7 Å². The molecule has 136 valence electrons. The highest BCUT2D eigenvalue weighted by Crippen LogP contribution is 2.26. The molecule has 0 aliphatic heterocycles. The third-order valence-corrected chi connectivity index (χ3v) is 5.37. The minimum Gasteiger partial charge on any atom is -0.360 e. The van der Waals surface area contributed by atoms with Gasteiger partial charge in [0.2, 0.25) is 5.78 Å². The van der Waals surface area contributed by atoms with Crippen LogP contribution in [0.5, 0.6) is 0 Å². The van der Waals surface area contributed by atoms with Crippen LogP contribution >= 0.6 is 11.3 Å². The zero-order valence-corrected chi connectivity index (χ0v) is 16.0. The first-order chi connectivity index (χ1) is 13.7. The van der Waals surface area contributed by atoms with Gasteiger partial charge in [0.05, 0.1) is 11.4 Å². The predicted octanol–water partition coefficient (Wildman–Crippen LogP) is 5.04. The molecule has 28 heavy (non-hydrogen) atoms. The number of hydrogen-bond donors (Lipinski definition) is 1. The molecule has 0 aliphatic carbocycles. The van der Waals surface area contributed by atoms with Gasteiger partial charge in [-0.1, -0.05) is 31.2 Å². The Morgan fingerprint density at radius 1 is 1.29 bits per heavy atom. The number of para-hydroxylation sites is 1. The van der Waals surface area contributed by atoms with E-state index in [9.17, 15) is 10.1 Å². The van der Waals surface area contributed by atoms with Crippen molar-refractivity contribution in [1.29, 1.82) is 5.26 Å². The molecule has 4 aromatic rings. The Bertz CT molecular complexity index is 1230. The lowest BCUT2D eigenvalue weighted by Crippen LogP contribution is -2.01. The molecule has 0 bridgehead atoms. The molecule has 4 rings (SSSR count). The lowest BCUT2D eigenvalue weighted by Gasteiger charge is -2.00. The van der Waals surface area contributed by atoms with Crippen molar-refractivity contribution in [3.63, 3.8) is 0 Å². The molecule has 5 nitrogen and oxygen atoms in total. The number of fused-ring (bicyclic) bond motifs is 1. The highest BCUT2D eigenvalue weighted by molar-refractivity contribution is 7.13. The summed E-state index contributed by atoms with van der Waals surface area (Å²) < 4.78 is 0. The van der Waals surface area contributed by atoms with E-state index >= 15 is 0 Å². The van der Waals surface area contributed by atoms with Crippen LogP contribution in [-0.2, 0) is 6.42 Å². The average Bonchev–Trinajstić information content (AvgIpc) is 3.39. The van der Waals surface area contributed by atoms with E-state index in [4.69, 9.17) is 0 Å². The lowest BCUT2D eigenvalue weighted by molar-refractivity contribution is 0.104. The summed E-state index contributed by atoms with van der Waals surface area (Å²) in [7, 11) is 0. The highest BCUT2D eigenvalue weighted by atomic mass is 32.1. The third kappa shape index (κ3) is 3.24. The molecule has 3 aromatic heterocycles. The number of benzene rings is 1. The number of thiazole rings is 1. The molecular weight excluding hydrogens is 368 g/mol. The largest absolute Gasteiger partial charge is 0.360 e. The van der Waals surface area contributed by atoms with Crippen molar-refractivity contribution >= 4 is 34.1 Å². The monoisotopic (exact) mass is 384 g/mol. The van der Waals surface area contributed by atoms with Gasteiger partial charge < -0.3 is 4.98 Å². The van der Waals surface area contributed by atoms with Gasteiger partial charge in [0.1, 0.15) is 16.6 Å². The number of nitrogens with one attached hydrogen (secondary N) is 1. The number of H-pyrrole nitrogens is 1. The van der Waals surface area contributed by atoms with Gasteiger partial charge >= 0.3 is 0 Å². The summed E-state index contributed by atoms with van der Waals surface area (Å²) in [5.74, 6) is -0.311. The number of aryl methyl sites for hydroxylation is 1. The van der Waals surface area contributed by atoms with Crippen molar-refractivity contribution in [2.24, 2.45) is 0 Å². The van der Waals surface area contributed by atoms with Crippen LogP contribution in [0.4, 0.5) is 0 Å². The summed E-state index contributed by atoms with van der Waals surface area (Å²) in [6, 6.07) is 13.5. The molecular formula is C22H16N4OS. The van der Waals surface area contributed by atoms with Crippen molar-refractivity contribution in [3.8, 4) is 16.8 Å². The van der Waals surface area contributed by atoms with Gasteiger partial charge in [0.25, 0.3) is 0 Å². The normalized spacial score (nSPS) is 11.5. The number of aromatic amines is 1. The number of allylic oxidation sites excluding steroid dienone is 1. The minimum atomic E-state index is -0.311. The van der Waals surface area contributed by atoms with Gasteiger partial charge in [-0.15, -0.1) is 11.3 Å². The maximum atomic E-state index is 13.0. The topological polar surface area (TPSA) is 82.4 Å². The minimum absolute atomic E-state index is 0.0562. The van der Waals surface area contributed by atoms with E-state index < -0.39 is 0 Å². The Morgan fingerprint density at radius 3 is 2.93 bits per heavy atom. The van der Waals surface area contributed by atoms with E-state index in [1.165, 1.54) is 17.4 Å². The molecule has 0 amide bonds. The van der Waals surface area contributed by atoms with Crippen LogP contribution < -0.4 is 0 Å². The standard InChI is InChI=1S/C22H16N4OS/c1-2-14-6-5-7-17-18(12-25-20(14)17)21(27)15(11-23)10-16-13-28-22(26-16)19-8-3-4-9-24-19/h3-10,12-13,25H,2H2,1H3/b15-10+. The quantitative estimate of drug-likeness (QED) is 0.297. The smallest absolute Gasteiger partial charge is 0.205 e. The first-order valence-corrected chi connectivity index (χ1v) is 9.71. The van der Waals surface area contributed by atoms with Crippen LogP contribution in [0.25, 0.3) is 27.7 Å². The summed E-state index contributed by atoms with van der Waals surface area (Å²) in [5, 5.41) is 13.0. The predicted molar refractivity (Wildman–Crippen MR) is 111 cm³/mol. The second-order valence-corrected chi connectivity index (χ2v) is 7.05. The van der Waals surface area contributed by atoms with Gasteiger partial charge in [0, 0.05) is 34.2 Å². The van der Waals surface area contributed by atoms with Crippen molar-refractivity contribution in [1.82, 2.24) is 15.0 Å². The number of nitrogens with zero attached hydrogens (tertiary/aromatic N) is 3. The van der Waals surface area contributed by atoms with Crippen molar-refractivity contribution < 1.29 is 4.79 Å². The average molecular weight is 384 g/mol. The molecule has 0 aliphatic rings. The Hall–Kier alpha value is -3.56. The van der Waals surface area contributed by atoms with E-state index in [-0.39, 0.29) is 11.4 Å². The first-order valence-electron chi connectivity index (χ1n) is 8.83. The molecule has 0 radical (unpaired) electrons. The highest BCUT2D eigenvalue weighted by Gasteiger charge is 2.18. The summed E-state index contributed by atoms with van der Waals surface area (Å²) >= 11 is 1.43. The third-order valence-electron chi connectivity index (χ3n) is 4.49. The number of pyridine rings is 1. The lowest BCUT2D eigenvalue weighted by atomic mass is 10.0. The maximum Gasteiger partial charge on any atom is 0.205 e. The number of aromatic nitrogens is 3. The van der Waals surface area contributed by atoms with Gasteiger partial charge in [-0.25, -0.2) is 4.98 Å². The Morgan fingerprint density at radius 2 is 2.18 bits per heavy atom. The summed E-state index contributed by atoms with van der Waals surface area (Å²) in [6.45, 7) is 2.07. The van der Waals surface area contributed by atoms with E-state index in [0.29, 0.717) is 11.3 Å². The second kappa shape index (κ2) is 7.59. The van der Waals surface area contributed by atoms with Gasteiger partial charge in [-0.3, -0.25) is 9.78 Å². The molecule has 6 heteroatoms. The van der Waals surface area contributed by atoms with Crippen LogP contribution in [0.2, 0.25) is 0 Å². The number of carbonyl (C=O) groups excluding carboxylic acids is 1. The van der Waals surface area contributed by atoms with E-state index in [1.807, 2.05) is 47.8 Å². The van der Waals surface area contributed by atoms with Crippen LogP contribution in [0, 0.1) is 11.3 Å². The van der Waals surface area contributed by atoms with Crippen LogP contribution in [0.3, 0.4) is 0 Å². The Balaban J connectivity index is 1.69. The summed E-state index contributed by atoms with van der Waals surface area (Å²) in [4.78, 5) is 24.9. The Kier molecular flexibility index (Phi) is 4.83. The molecule has 1 N–H and O–H groups in total. The Labute approximate surface area is 166 Å². The van der Waals surface area contributed by atoms with Gasteiger partial charge in [0.15, 0.2) is 0 Å². The number of ketones is 1. The number of rotatable bonds is 5. The number of carbonyl (C=O) groups is 1. The van der Waals surface area contributed by atoms with E-state index in [0.717, 1.165) is 33.6 Å². The van der Waals surface area contributed by atoms with Crippen molar-refractivity contribution in [2.75, 3.05) is 0 Å².